The highest BCUT2D eigenvalue weighted by Crippen LogP contribution is 2.30. The minimum atomic E-state index is 0.806. The number of hydrogen-bond donors (Lipinski definition) is 1. The largest absolute Gasteiger partial charge is 0.330 e. The molecule has 0 bridgehead atoms. The van der Waals surface area contributed by atoms with Crippen molar-refractivity contribution in [3.8, 4) is 0 Å². The summed E-state index contributed by atoms with van der Waals surface area (Å²) < 4.78 is 0. The zero-order valence-electron chi connectivity index (χ0n) is 8.18. The summed E-state index contributed by atoms with van der Waals surface area (Å²) >= 11 is 0. The van der Waals surface area contributed by atoms with Gasteiger partial charge >= 0.3 is 0 Å². The molecule has 2 N–H and O–H groups in total. The zero-order valence-corrected chi connectivity index (χ0v) is 8.18. The van der Waals surface area contributed by atoms with E-state index in [0.717, 1.165) is 18.9 Å². The Bertz CT molecular complexity index is 149. The molecule has 1 nitrogen and oxygen atoms in total. The molecule has 1 fully saturated rings. The standard InChI is InChI=1S/C11H21N/c1-2-10-5-3-6-11(9-10)7-4-8-12/h7,10H,2-6,8-9,12H2,1H3/b11-7-. The summed E-state index contributed by atoms with van der Waals surface area (Å²) in [5, 5.41) is 0. The molecular weight excluding hydrogens is 146 g/mol. The first-order valence-electron chi connectivity index (χ1n) is 5.24. The Morgan fingerprint density at radius 1 is 1.58 bits per heavy atom. The van der Waals surface area contributed by atoms with Crippen LogP contribution in [0.15, 0.2) is 11.6 Å². The lowest BCUT2D eigenvalue weighted by Gasteiger charge is -2.22. The van der Waals surface area contributed by atoms with E-state index >= 15 is 0 Å². The van der Waals surface area contributed by atoms with Crippen LogP contribution in [0.4, 0.5) is 0 Å². The summed E-state index contributed by atoms with van der Waals surface area (Å²) in [6, 6.07) is 0. The molecule has 0 aliphatic heterocycles. The maximum Gasteiger partial charge on any atom is -0.00425 e. The summed E-state index contributed by atoms with van der Waals surface area (Å²) in [4.78, 5) is 0. The molecule has 0 amide bonds. The lowest BCUT2D eigenvalue weighted by molar-refractivity contribution is 0.406. The molecule has 1 aliphatic rings. The van der Waals surface area contributed by atoms with Crippen LogP contribution in [0.5, 0.6) is 0 Å². The van der Waals surface area contributed by atoms with Crippen molar-refractivity contribution in [1.29, 1.82) is 0 Å². The maximum absolute atomic E-state index is 5.47. The van der Waals surface area contributed by atoms with Gasteiger partial charge in [0.15, 0.2) is 0 Å². The van der Waals surface area contributed by atoms with Crippen molar-refractivity contribution in [3.05, 3.63) is 11.6 Å². The van der Waals surface area contributed by atoms with Gasteiger partial charge in [-0.1, -0.05) is 25.0 Å². The van der Waals surface area contributed by atoms with Crippen LogP contribution in [0.1, 0.15) is 45.4 Å². The monoisotopic (exact) mass is 167 g/mol. The molecule has 12 heavy (non-hydrogen) atoms. The van der Waals surface area contributed by atoms with E-state index in [4.69, 9.17) is 5.73 Å². The number of hydrogen-bond acceptors (Lipinski definition) is 1. The highest BCUT2D eigenvalue weighted by atomic mass is 14.5. The van der Waals surface area contributed by atoms with Gasteiger partial charge in [0.2, 0.25) is 0 Å². The molecule has 0 heterocycles. The molecule has 1 rings (SSSR count). The van der Waals surface area contributed by atoms with Gasteiger partial charge in [-0.3, -0.25) is 0 Å². The smallest absolute Gasteiger partial charge is 0.00425 e. The Kier molecular flexibility index (Phi) is 4.37. The van der Waals surface area contributed by atoms with E-state index in [9.17, 15) is 0 Å². The minimum absolute atomic E-state index is 0.806. The molecular formula is C11H21N. The topological polar surface area (TPSA) is 26.0 Å². The second-order valence-electron chi connectivity index (χ2n) is 3.81. The third-order valence-corrected chi connectivity index (χ3v) is 2.84. The fourth-order valence-electron chi connectivity index (χ4n) is 2.01. The summed E-state index contributed by atoms with van der Waals surface area (Å²) in [5.74, 6) is 0.961. The van der Waals surface area contributed by atoms with Gasteiger partial charge in [-0.2, -0.15) is 0 Å². The van der Waals surface area contributed by atoms with Gasteiger partial charge < -0.3 is 5.73 Å². The summed E-state index contributed by atoms with van der Waals surface area (Å²) in [5.41, 5.74) is 7.13. The molecule has 0 aromatic heterocycles. The molecule has 0 spiro atoms. The third-order valence-electron chi connectivity index (χ3n) is 2.84. The van der Waals surface area contributed by atoms with Gasteiger partial charge in [0, 0.05) is 0 Å². The second kappa shape index (κ2) is 5.36. The molecule has 1 aliphatic carbocycles. The predicted octanol–water partition coefficient (Wildman–Crippen LogP) is 2.86. The van der Waals surface area contributed by atoms with Gasteiger partial charge in [0.05, 0.1) is 0 Å². The molecule has 0 aromatic carbocycles. The van der Waals surface area contributed by atoms with Crippen LogP contribution in [0.2, 0.25) is 0 Å². The van der Waals surface area contributed by atoms with Crippen molar-refractivity contribution in [1.82, 2.24) is 0 Å². The highest BCUT2D eigenvalue weighted by molar-refractivity contribution is 5.05. The number of allylic oxidation sites excluding steroid dienone is 1. The van der Waals surface area contributed by atoms with Gasteiger partial charge in [-0.25, -0.2) is 0 Å². The zero-order chi connectivity index (χ0) is 8.81. The molecule has 0 aromatic rings. The Morgan fingerprint density at radius 3 is 3.08 bits per heavy atom. The average Bonchev–Trinajstić information content (AvgIpc) is 2.15. The van der Waals surface area contributed by atoms with E-state index in [-0.39, 0.29) is 0 Å². The van der Waals surface area contributed by atoms with E-state index in [1.807, 2.05) is 0 Å². The van der Waals surface area contributed by atoms with E-state index in [1.165, 1.54) is 32.1 Å². The quantitative estimate of drug-likeness (QED) is 0.643. The van der Waals surface area contributed by atoms with Crippen LogP contribution in [-0.4, -0.2) is 6.54 Å². The normalized spacial score (nSPS) is 27.8. The van der Waals surface area contributed by atoms with E-state index in [1.54, 1.807) is 5.57 Å². The van der Waals surface area contributed by atoms with E-state index < -0.39 is 0 Å². The molecule has 1 unspecified atom stereocenters. The fourth-order valence-corrected chi connectivity index (χ4v) is 2.01. The molecule has 1 heteroatoms. The molecule has 1 atom stereocenters. The van der Waals surface area contributed by atoms with Gasteiger partial charge in [0.25, 0.3) is 0 Å². The molecule has 0 radical (unpaired) electrons. The van der Waals surface area contributed by atoms with Crippen LogP contribution >= 0.6 is 0 Å². The molecule has 1 saturated carbocycles. The van der Waals surface area contributed by atoms with Gasteiger partial charge in [-0.15, -0.1) is 0 Å². The Balaban J connectivity index is 2.34. The van der Waals surface area contributed by atoms with E-state index in [2.05, 4.69) is 13.0 Å². The van der Waals surface area contributed by atoms with Crippen molar-refractivity contribution in [3.63, 3.8) is 0 Å². The van der Waals surface area contributed by atoms with Crippen molar-refractivity contribution >= 4 is 0 Å². The molecule has 70 valence electrons. The maximum atomic E-state index is 5.47. The first kappa shape index (κ1) is 9.79. The van der Waals surface area contributed by atoms with Crippen molar-refractivity contribution in [2.45, 2.75) is 45.4 Å². The van der Waals surface area contributed by atoms with Gasteiger partial charge in [-0.05, 0) is 44.6 Å². The van der Waals surface area contributed by atoms with Crippen molar-refractivity contribution in [2.75, 3.05) is 6.54 Å². The van der Waals surface area contributed by atoms with Crippen LogP contribution in [-0.2, 0) is 0 Å². The van der Waals surface area contributed by atoms with Gasteiger partial charge in [0.1, 0.15) is 0 Å². The summed E-state index contributed by atoms with van der Waals surface area (Å²) in [6.07, 6.45) is 10.3. The first-order chi connectivity index (χ1) is 5.86. The lowest BCUT2D eigenvalue weighted by Crippen LogP contribution is -2.07. The minimum Gasteiger partial charge on any atom is -0.330 e. The van der Waals surface area contributed by atoms with Crippen LogP contribution in [0.25, 0.3) is 0 Å². The second-order valence-corrected chi connectivity index (χ2v) is 3.81. The Hall–Kier alpha value is -0.300. The first-order valence-corrected chi connectivity index (χ1v) is 5.24. The summed E-state index contributed by atoms with van der Waals surface area (Å²) in [6.45, 7) is 3.11. The van der Waals surface area contributed by atoms with Crippen LogP contribution in [0, 0.1) is 5.92 Å². The van der Waals surface area contributed by atoms with Crippen LogP contribution < -0.4 is 5.73 Å². The Labute approximate surface area is 76.0 Å². The SMILES string of the molecule is CCC1CCC/C(=C/CCN)C1. The average molecular weight is 167 g/mol. The summed E-state index contributed by atoms with van der Waals surface area (Å²) in [7, 11) is 0. The predicted molar refractivity (Wildman–Crippen MR) is 54.0 cm³/mol. The van der Waals surface area contributed by atoms with Crippen molar-refractivity contribution < 1.29 is 0 Å². The number of rotatable bonds is 3. The Morgan fingerprint density at radius 2 is 2.42 bits per heavy atom. The van der Waals surface area contributed by atoms with Crippen molar-refractivity contribution in [2.24, 2.45) is 11.7 Å². The number of nitrogens with two attached hydrogens (primary N) is 1. The van der Waals surface area contributed by atoms with Crippen LogP contribution in [0.3, 0.4) is 0 Å². The van der Waals surface area contributed by atoms with E-state index in [0.29, 0.717) is 0 Å². The fraction of sp³-hybridized carbons (Fsp3) is 0.818. The lowest BCUT2D eigenvalue weighted by atomic mass is 9.84. The third kappa shape index (κ3) is 2.98. The molecule has 0 saturated heterocycles. The highest BCUT2D eigenvalue weighted by Gasteiger charge is 2.14.